The van der Waals surface area contributed by atoms with Crippen molar-refractivity contribution in [3.05, 3.63) is 39.2 Å². The van der Waals surface area contributed by atoms with E-state index in [1.54, 1.807) is 23.2 Å². The number of aliphatic hydroxyl groups excluding tert-OH is 1. The van der Waals surface area contributed by atoms with Crippen molar-refractivity contribution in [3.63, 3.8) is 0 Å². The number of β-amino-alcohol motifs (C(OH)–C–C–N with tert-alkyl or cyclic N) is 1. The smallest absolute Gasteiger partial charge is 0.275 e. The van der Waals surface area contributed by atoms with E-state index in [2.05, 4.69) is 10.4 Å². The minimum Gasteiger partial charge on any atom is -0.448 e. The van der Waals surface area contributed by atoms with Crippen LogP contribution in [0.5, 0.6) is 0 Å². The second kappa shape index (κ2) is 8.06. The summed E-state index contributed by atoms with van der Waals surface area (Å²) in [6.45, 7) is 3.95. The van der Waals surface area contributed by atoms with Crippen molar-refractivity contribution < 1.29 is 19.1 Å². The molecule has 8 heteroatoms. The topological polar surface area (TPSA) is 86.9 Å². The molecule has 31 heavy (non-hydrogen) atoms. The number of likely N-dealkylation sites (tertiary alicyclic amines) is 2. The molecule has 1 N–H and O–H groups in total. The number of carbonyl (C=O) groups is 2. The van der Waals surface area contributed by atoms with Crippen LogP contribution >= 0.6 is 11.3 Å². The van der Waals surface area contributed by atoms with Gasteiger partial charge in [-0.25, -0.2) is 4.98 Å². The Bertz CT molecular complexity index is 989. The number of rotatable bonds is 2. The third-order valence-corrected chi connectivity index (χ3v) is 8.22. The zero-order chi connectivity index (χ0) is 21.6. The van der Waals surface area contributed by atoms with Crippen molar-refractivity contribution in [1.29, 1.82) is 0 Å². The first-order valence-corrected chi connectivity index (χ1v) is 12.1. The number of amides is 2. The molecule has 2 saturated heterocycles. The molecule has 7 nitrogen and oxygen atoms in total. The van der Waals surface area contributed by atoms with Gasteiger partial charge in [-0.15, -0.1) is 11.3 Å². The molecule has 1 spiro atoms. The second-order valence-electron chi connectivity index (χ2n) is 9.36. The maximum Gasteiger partial charge on any atom is 0.275 e. The van der Waals surface area contributed by atoms with Crippen LogP contribution in [0.2, 0.25) is 0 Å². The number of piperidine rings is 2. The molecule has 1 atom stereocenters. The maximum atomic E-state index is 13.2. The van der Waals surface area contributed by atoms with Crippen LogP contribution in [0.1, 0.15) is 69.3 Å². The van der Waals surface area contributed by atoms with Crippen molar-refractivity contribution in [2.75, 3.05) is 26.2 Å². The van der Waals surface area contributed by atoms with E-state index in [1.807, 2.05) is 4.90 Å². The molecule has 166 valence electrons. The van der Waals surface area contributed by atoms with Gasteiger partial charge < -0.3 is 19.3 Å². The van der Waals surface area contributed by atoms with Crippen LogP contribution in [0.4, 0.5) is 0 Å². The van der Waals surface area contributed by atoms with Crippen LogP contribution in [0, 0.1) is 12.3 Å². The van der Waals surface area contributed by atoms with E-state index in [-0.39, 0.29) is 22.9 Å². The highest BCUT2D eigenvalue weighted by Gasteiger charge is 2.44. The molecular weight excluding hydrogens is 414 g/mol. The summed E-state index contributed by atoms with van der Waals surface area (Å²) >= 11 is 1.60. The van der Waals surface area contributed by atoms with Crippen LogP contribution in [0.25, 0.3) is 0 Å². The zero-order valence-corrected chi connectivity index (χ0v) is 18.7. The zero-order valence-electron chi connectivity index (χ0n) is 17.9. The van der Waals surface area contributed by atoms with Gasteiger partial charge in [-0.3, -0.25) is 9.59 Å². The summed E-state index contributed by atoms with van der Waals surface area (Å²) in [6, 6.07) is 0. The summed E-state index contributed by atoms with van der Waals surface area (Å²) in [6.07, 6.45) is 7.58. The Hall–Kier alpha value is -2.19. The molecule has 0 aromatic carbocycles. The highest BCUT2D eigenvalue weighted by Crippen LogP contribution is 2.41. The molecule has 4 heterocycles. The fourth-order valence-electron chi connectivity index (χ4n) is 5.52. The number of thiophene rings is 1. The first-order chi connectivity index (χ1) is 14.9. The van der Waals surface area contributed by atoms with Crippen LogP contribution < -0.4 is 0 Å². The fraction of sp³-hybridized carbons (Fsp3) is 0.609. The molecule has 3 aliphatic rings. The van der Waals surface area contributed by atoms with E-state index >= 15 is 0 Å². The predicted molar refractivity (Wildman–Crippen MR) is 116 cm³/mol. The monoisotopic (exact) mass is 443 g/mol. The van der Waals surface area contributed by atoms with Crippen molar-refractivity contribution in [1.82, 2.24) is 14.8 Å². The maximum absolute atomic E-state index is 13.2. The molecule has 2 aromatic heterocycles. The number of nitrogens with zero attached hydrogens (tertiary/aromatic N) is 3. The Kier molecular flexibility index (Phi) is 5.38. The average Bonchev–Trinajstić information content (AvgIpc) is 3.39. The Morgan fingerprint density at radius 1 is 1.19 bits per heavy atom. The van der Waals surface area contributed by atoms with Gasteiger partial charge in [0.15, 0.2) is 11.6 Å². The minimum absolute atomic E-state index is 0.155. The number of carbonyl (C=O) groups excluding carboxylic acids is 2. The molecule has 2 aliphatic heterocycles. The number of aromatic nitrogens is 1. The predicted octanol–water partition coefficient (Wildman–Crippen LogP) is 3.05. The number of oxazole rings is 1. The fourth-order valence-corrected chi connectivity index (χ4v) is 6.65. The average molecular weight is 444 g/mol. The van der Waals surface area contributed by atoms with Gasteiger partial charge in [0.25, 0.3) is 11.8 Å². The van der Waals surface area contributed by atoms with E-state index < -0.39 is 6.10 Å². The second-order valence-corrected chi connectivity index (χ2v) is 10.2. The Morgan fingerprint density at radius 3 is 2.71 bits per heavy atom. The van der Waals surface area contributed by atoms with Crippen LogP contribution in [0.15, 0.2) is 16.1 Å². The molecule has 0 saturated carbocycles. The molecule has 1 unspecified atom stereocenters. The standard InChI is InChI=1S/C23H29N3O4S/c1-15-24-19(12-30-15)21(28)26-11-17(27)10-23(14-26)6-8-25(9-7-23)22(29)20-18-5-3-2-4-16(18)13-31-20/h12-13,17,27H,2-11,14H2,1H3. The van der Waals surface area contributed by atoms with Crippen LogP contribution in [-0.4, -0.2) is 64.0 Å². The Morgan fingerprint density at radius 2 is 1.97 bits per heavy atom. The van der Waals surface area contributed by atoms with E-state index in [0.717, 1.165) is 30.6 Å². The molecule has 1 aliphatic carbocycles. The quantitative estimate of drug-likeness (QED) is 0.771. The third-order valence-electron chi connectivity index (χ3n) is 7.16. The lowest BCUT2D eigenvalue weighted by Gasteiger charge is -2.49. The van der Waals surface area contributed by atoms with Gasteiger partial charge in [0, 0.05) is 33.1 Å². The summed E-state index contributed by atoms with van der Waals surface area (Å²) in [5.41, 5.74) is 2.77. The van der Waals surface area contributed by atoms with Crippen molar-refractivity contribution >= 4 is 23.2 Å². The van der Waals surface area contributed by atoms with Gasteiger partial charge in [0.05, 0.1) is 11.0 Å². The number of aliphatic hydroxyl groups is 1. The Labute approximate surface area is 186 Å². The van der Waals surface area contributed by atoms with Gasteiger partial charge >= 0.3 is 0 Å². The van der Waals surface area contributed by atoms with Gasteiger partial charge in [0.1, 0.15) is 6.26 Å². The largest absolute Gasteiger partial charge is 0.448 e. The summed E-state index contributed by atoms with van der Waals surface area (Å²) in [5, 5.41) is 12.7. The highest BCUT2D eigenvalue weighted by atomic mass is 32.1. The molecular formula is C23H29N3O4S. The number of hydrogen-bond donors (Lipinski definition) is 1. The van der Waals surface area contributed by atoms with Crippen LogP contribution in [-0.2, 0) is 12.8 Å². The van der Waals surface area contributed by atoms with Crippen molar-refractivity contribution in [3.8, 4) is 0 Å². The normalized spacial score (nSPS) is 23.1. The SMILES string of the molecule is Cc1nc(C(=O)N2CC(O)CC3(CCN(C(=O)c4scc5c4CCCC5)CC3)C2)co1. The first-order valence-electron chi connectivity index (χ1n) is 11.2. The number of hydrogen-bond acceptors (Lipinski definition) is 6. The van der Waals surface area contributed by atoms with Gasteiger partial charge in [-0.1, -0.05) is 0 Å². The molecule has 5 rings (SSSR count). The Balaban J connectivity index is 1.27. The molecule has 0 bridgehead atoms. The molecule has 0 radical (unpaired) electrons. The summed E-state index contributed by atoms with van der Waals surface area (Å²) in [5.74, 6) is 0.419. The summed E-state index contributed by atoms with van der Waals surface area (Å²) in [7, 11) is 0. The lowest BCUT2D eigenvalue weighted by atomic mass is 9.71. The van der Waals surface area contributed by atoms with Crippen molar-refractivity contribution in [2.24, 2.45) is 5.41 Å². The van der Waals surface area contributed by atoms with Crippen LogP contribution in [0.3, 0.4) is 0 Å². The van der Waals surface area contributed by atoms with E-state index in [9.17, 15) is 14.7 Å². The van der Waals surface area contributed by atoms with Gasteiger partial charge in [-0.2, -0.15) is 0 Å². The molecule has 2 amide bonds. The van der Waals surface area contributed by atoms with E-state index in [4.69, 9.17) is 4.42 Å². The lowest BCUT2D eigenvalue weighted by Crippen LogP contribution is -2.55. The van der Waals surface area contributed by atoms with E-state index in [1.165, 1.54) is 30.2 Å². The highest BCUT2D eigenvalue weighted by molar-refractivity contribution is 7.12. The third kappa shape index (κ3) is 3.91. The lowest BCUT2D eigenvalue weighted by molar-refractivity contribution is -0.0300. The number of fused-ring (bicyclic) bond motifs is 1. The van der Waals surface area contributed by atoms with E-state index in [0.29, 0.717) is 38.5 Å². The summed E-state index contributed by atoms with van der Waals surface area (Å²) in [4.78, 5) is 34.9. The summed E-state index contributed by atoms with van der Waals surface area (Å²) < 4.78 is 5.19. The number of aryl methyl sites for hydroxylation is 2. The van der Waals surface area contributed by atoms with Crippen molar-refractivity contribution in [2.45, 2.75) is 58.0 Å². The van der Waals surface area contributed by atoms with Gasteiger partial charge in [0.2, 0.25) is 0 Å². The molecule has 2 fully saturated rings. The minimum atomic E-state index is -0.558. The first kappa shape index (κ1) is 20.7. The molecule has 2 aromatic rings. The van der Waals surface area contributed by atoms with Gasteiger partial charge in [-0.05, 0) is 66.9 Å².